The molecule has 1 atom stereocenters. The number of carbonyl (C=O) groups excluding carboxylic acids is 1. The Morgan fingerprint density at radius 3 is 2.83 bits per heavy atom. The summed E-state index contributed by atoms with van der Waals surface area (Å²) in [6.07, 6.45) is 7.72. The second kappa shape index (κ2) is 8.80. The fraction of sp³-hybridized carbons (Fsp3) is 0.522. The van der Waals surface area contributed by atoms with Crippen LogP contribution < -0.4 is 15.8 Å². The lowest BCUT2D eigenvalue weighted by Crippen LogP contribution is -2.38. The van der Waals surface area contributed by atoms with Crippen molar-refractivity contribution >= 4 is 17.3 Å². The first-order valence-electron chi connectivity index (χ1n) is 10.8. The number of carbonyl (C=O) groups is 1. The van der Waals surface area contributed by atoms with E-state index in [9.17, 15) is 9.59 Å². The maximum Gasteiger partial charge on any atom is 0.268 e. The molecule has 1 saturated heterocycles. The number of amides is 1. The summed E-state index contributed by atoms with van der Waals surface area (Å²) in [5.41, 5.74) is 2.94. The van der Waals surface area contributed by atoms with E-state index in [4.69, 9.17) is 0 Å². The first-order chi connectivity index (χ1) is 14.1. The number of rotatable bonds is 7. The van der Waals surface area contributed by atoms with Crippen LogP contribution >= 0.6 is 0 Å². The topological polar surface area (TPSA) is 67.2 Å². The van der Waals surface area contributed by atoms with Gasteiger partial charge in [0.2, 0.25) is 5.91 Å². The summed E-state index contributed by atoms with van der Waals surface area (Å²) in [5.74, 6) is 0.969. The number of benzene rings is 1. The molecule has 2 aromatic rings. The summed E-state index contributed by atoms with van der Waals surface area (Å²) in [7, 11) is 0. The molecule has 154 valence electrons. The second-order valence-corrected chi connectivity index (χ2v) is 8.44. The first kappa shape index (κ1) is 19.7. The average molecular weight is 395 g/mol. The quantitative estimate of drug-likeness (QED) is 0.781. The average Bonchev–Trinajstić information content (AvgIpc) is 3.54. The molecule has 0 bridgehead atoms. The van der Waals surface area contributed by atoms with E-state index >= 15 is 0 Å². The van der Waals surface area contributed by atoms with E-state index in [1.54, 1.807) is 10.7 Å². The summed E-state index contributed by atoms with van der Waals surface area (Å²) < 4.78 is 1.58. The molecule has 0 spiro atoms. The van der Waals surface area contributed by atoms with E-state index < -0.39 is 0 Å². The third kappa shape index (κ3) is 5.25. The van der Waals surface area contributed by atoms with Crippen molar-refractivity contribution in [3.63, 3.8) is 0 Å². The molecule has 0 radical (unpaired) electrons. The molecule has 2 aliphatic rings. The van der Waals surface area contributed by atoms with Crippen molar-refractivity contribution in [3.05, 3.63) is 52.4 Å². The molecule has 6 heteroatoms. The Morgan fingerprint density at radius 2 is 2.07 bits per heavy atom. The van der Waals surface area contributed by atoms with E-state index in [2.05, 4.69) is 28.3 Å². The number of hydrogen-bond donors (Lipinski definition) is 1. The minimum Gasteiger partial charge on any atom is -0.370 e. The van der Waals surface area contributed by atoms with Gasteiger partial charge in [-0.25, -0.2) is 4.68 Å². The molecule has 1 amide bonds. The highest BCUT2D eigenvalue weighted by molar-refractivity contribution is 5.91. The lowest BCUT2D eigenvalue weighted by molar-refractivity contribution is -0.117. The Balaban J connectivity index is 1.34. The molecule has 1 unspecified atom stereocenters. The van der Waals surface area contributed by atoms with E-state index in [1.807, 2.05) is 24.4 Å². The van der Waals surface area contributed by atoms with Gasteiger partial charge in [-0.1, -0.05) is 19.1 Å². The van der Waals surface area contributed by atoms with Crippen LogP contribution in [0.15, 0.2) is 41.3 Å². The highest BCUT2D eigenvalue weighted by Gasteiger charge is 2.25. The van der Waals surface area contributed by atoms with Gasteiger partial charge in [0.15, 0.2) is 0 Å². The van der Waals surface area contributed by atoms with Crippen molar-refractivity contribution in [1.29, 1.82) is 0 Å². The molecule has 1 aromatic heterocycles. The van der Waals surface area contributed by atoms with Gasteiger partial charge >= 0.3 is 0 Å². The number of aryl methyl sites for hydroxylation is 1. The molecular formula is C23H30N4O2. The van der Waals surface area contributed by atoms with Crippen molar-refractivity contribution in [3.8, 4) is 0 Å². The van der Waals surface area contributed by atoms with Crippen LogP contribution in [0.25, 0.3) is 0 Å². The van der Waals surface area contributed by atoms with Crippen molar-refractivity contribution in [2.75, 3.05) is 23.3 Å². The molecule has 2 heterocycles. The van der Waals surface area contributed by atoms with E-state index in [1.165, 1.54) is 18.4 Å². The van der Waals surface area contributed by atoms with Crippen LogP contribution in [0, 0.1) is 11.8 Å². The largest absolute Gasteiger partial charge is 0.370 e. The number of piperidine rings is 1. The lowest BCUT2D eigenvalue weighted by Gasteiger charge is -2.34. The van der Waals surface area contributed by atoms with Gasteiger partial charge in [-0.05, 0) is 61.6 Å². The Hall–Kier alpha value is -2.63. The zero-order valence-electron chi connectivity index (χ0n) is 17.1. The van der Waals surface area contributed by atoms with Crippen molar-refractivity contribution in [2.24, 2.45) is 11.8 Å². The van der Waals surface area contributed by atoms with E-state index in [0.717, 1.165) is 50.3 Å². The Bertz CT molecular complexity index is 919. The summed E-state index contributed by atoms with van der Waals surface area (Å²) in [6.45, 7) is 4.54. The Labute approximate surface area is 171 Å². The third-order valence-corrected chi connectivity index (χ3v) is 5.96. The molecule has 4 rings (SSSR count). The summed E-state index contributed by atoms with van der Waals surface area (Å²) in [4.78, 5) is 27.1. The summed E-state index contributed by atoms with van der Waals surface area (Å²) >= 11 is 0. The van der Waals surface area contributed by atoms with Crippen molar-refractivity contribution in [1.82, 2.24) is 9.78 Å². The minimum absolute atomic E-state index is 0.0231. The van der Waals surface area contributed by atoms with Crippen LogP contribution in [-0.2, 0) is 17.8 Å². The van der Waals surface area contributed by atoms with E-state index in [0.29, 0.717) is 12.3 Å². The van der Waals surface area contributed by atoms with Gasteiger partial charge in [0.1, 0.15) is 0 Å². The summed E-state index contributed by atoms with van der Waals surface area (Å²) in [6, 6.07) is 9.73. The number of nitrogens with zero attached hydrogens (tertiary/aromatic N) is 3. The molecule has 6 nitrogen and oxygen atoms in total. The van der Waals surface area contributed by atoms with Crippen molar-refractivity contribution in [2.45, 2.75) is 52.0 Å². The van der Waals surface area contributed by atoms with Crippen molar-refractivity contribution < 1.29 is 4.79 Å². The zero-order valence-corrected chi connectivity index (χ0v) is 17.1. The van der Waals surface area contributed by atoms with E-state index in [-0.39, 0.29) is 17.4 Å². The lowest BCUT2D eigenvalue weighted by atomic mass is 9.94. The van der Waals surface area contributed by atoms with Gasteiger partial charge < -0.3 is 10.2 Å². The summed E-state index contributed by atoms with van der Waals surface area (Å²) in [5, 5.41) is 7.41. The Morgan fingerprint density at radius 1 is 1.21 bits per heavy atom. The standard InChI is InChI=1S/C23H30N4O2/c1-2-17-5-3-7-20(11-17)25-22(28)12-19-6-4-10-26(15-19)21-13-23(29)27(24-14-21)16-18-8-9-18/h3,5,7,11,13-14,18-19H,2,4,6,8-10,12,15-16H2,1H3,(H,25,28). The van der Waals surface area contributed by atoms with Crippen LogP contribution in [0.3, 0.4) is 0 Å². The van der Waals surface area contributed by atoms with Crippen LogP contribution in [0.5, 0.6) is 0 Å². The van der Waals surface area contributed by atoms with Crippen LogP contribution in [0.4, 0.5) is 11.4 Å². The molecule has 2 fully saturated rings. The molecular weight excluding hydrogens is 364 g/mol. The van der Waals surface area contributed by atoms with Gasteiger partial charge in [0.05, 0.1) is 11.9 Å². The van der Waals surface area contributed by atoms with Gasteiger partial charge in [-0.2, -0.15) is 5.10 Å². The molecule has 1 aliphatic carbocycles. The minimum atomic E-state index is -0.0231. The first-order valence-corrected chi connectivity index (χ1v) is 10.8. The second-order valence-electron chi connectivity index (χ2n) is 8.44. The third-order valence-electron chi connectivity index (χ3n) is 5.96. The maximum absolute atomic E-state index is 12.5. The fourth-order valence-electron chi connectivity index (χ4n) is 4.09. The predicted octanol–water partition coefficient (Wildman–Crippen LogP) is 3.46. The molecule has 1 saturated carbocycles. The fourth-order valence-corrected chi connectivity index (χ4v) is 4.09. The highest BCUT2D eigenvalue weighted by Crippen LogP contribution is 2.30. The number of nitrogens with one attached hydrogen (secondary N) is 1. The molecule has 29 heavy (non-hydrogen) atoms. The predicted molar refractivity (Wildman–Crippen MR) is 115 cm³/mol. The molecule has 1 aliphatic heterocycles. The highest BCUT2D eigenvalue weighted by atomic mass is 16.1. The zero-order chi connectivity index (χ0) is 20.2. The van der Waals surface area contributed by atoms with Crippen LogP contribution in [0.2, 0.25) is 0 Å². The van der Waals surface area contributed by atoms with Gasteiger partial charge in [0, 0.05) is 37.8 Å². The monoisotopic (exact) mass is 394 g/mol. The smallest absolute Gasteiger partial charge is 0.268 e. The number of hydrogen-bond acceptors (Lipinski definition) is 4. The molecule has 1 aromatic carbocycles. The number of anilines is 2. The SMILES string of the molecule is CCc1cccc(NC(=O)CC2CCCN(c3cnn(CC4CC4)c(=O)c3)C2)c1. The maximum atomic E-state index is 12.5. The van der Waals surface area contributed by atoms with Crippen LogP contribution in [0.1, 0.15) is 44.6 Å². The van der Waals surface area contributed by atoms with Gasteiger partial charge in [-0.15, -0.1) is 0 Å². The van der Waals surface area contributed by atoms with Crippen LogP contribution in [-0.4, -0.2) is 28.8 Å². The molecule has 1 N–H and O–H groups in total. The van der Waals surface area contributed by atoms with Gasteiger partial charge in [0.25, 0.3) is 5.56 Å². The number of aromatic nitrogens is 2. The Kier molecular flexibility index (Phi) is 5.97. The van der Waals surface area contributed by atoms with Gasteiger partial charge in [-0.3, -0.25) is 9.59 Å². The normalized spacial score (nSPS) is 19.2.